The van der Waals surface area contributed by atoms with Crippen molar-refractivity contribution in [1.82, 2.24) is 10.2 Å². The summed E-state index contributed by atoms with van der Waals surface area (Å²) in [7, 11) is -4.69. The second kappa shape index (κ2) is 15.0. The van der Waals surface area contributed by atoms with Gasteiger partial charge in [0.1, 0.15) is 18.4 Å². The first-order chi connectivity index (χ1) is 22.9. The van der Waals surface area contributed by atoms with E-state index >= 15 is 4.39 Å². The number of anilines is 1. The molecule has 0 saturated heterocycles. The highest BCUT2D eigenvalue weighted by atomic mass is 35.5. The quantitative estimate of drug-likeness (QED) is 0.162. The number of nitrogens with one attached hydrogen (secondary N) is 1. The van der Waals surface area contributed by atoms with E-state index in [1.807, 2.05) is 0 Å². The van der Waals surface area contributed by atoms with Gasteiger partial charge in [-0.3, -0.25) is 13.9 Å². The van der Waals surface area contributed by atoms with Gasteiger partial charge in [-0.1, -0.05) is 77.8 Å². The number of hydrogen-bond acceptors (Lipinski definition) is 4. The minimum absolute atomic E-state index is 0.0349. The maximum atomic E-state index is 15.1. The summed E-state index contributed by atoms with van der Waals surface area (Å²) < 4.78 is 85.8. The van der Waals surface area contributed by atoms with E-state index in [0.29, 0.717) is 15.9 Å². The van der Waals surface area contributed by atoms with Gasteiger partial charge in [0.25, 0.3) is 10.0 Å². The molecule has 13 heteroatoms. The molecule has 4 aromatic carbocycles. The molecule has 1 atom stereocenters. The second-order valence-electron chi connectivity index (χ2n) is 12.5. The van der Waals surface area contributed by atoms with Gasteiger partial charge in [0.2, 0.25) is 11.8 Å². The molecule has 0 aliphatic carbocycles. The number of sulfonamides is 1. The zero-order chi connectivity index (χ0) is 36.1. The molecule has 2 amide bonds. The predicted molar refractivity (Wildman–Crippen MR) is 181 cm³/mol. The smallest absolute Gasteiger partial charge is 0.350 e. The number of hydrogen-bond donors (Lipinski definition) is 1. The molecular formula is C36H36ClF4N3O4S. The monoisotopic (exact) mass is 717 g/mol. The highest BCUT2D eigenvalue weighted by Gasteiger charge is 2.38. The fourth-order valence-electron chi connectivity index (χ4n) is 5.07. The van der Waals surface area contributed by atoms with Crippen LogP contribution in [0.5, 0.6) is 0 Å². The van der Waals surface area contributed by atoms with E-state index in [-0.39, 0.29) is 16.9 Å². The first-order valence-corrected chi connectivity index (χ1v) is 17.0. The molecule has 0 spiro atoms. The number of alkyl halides is 3. The van der Waals surface area contributed by atoms with Gasteiger partial charge in [0.15, 0.2) is 0 Å². The van der Waals surface area contributed by atoms with Crippen LogP contribution in [0.2, 0.25) is 5.02 Å². The van der Waals surface area contributed by atoms with Crippen molar-refractivity contribution in [2.75, 3.05) is 10.8 Å². The summed E-state index contributed by atoms with van der Waals surface area (Å²) in [6.45, 7) is 5.46. The van der Waals surface area contributed by atoms with E-state index in [2.05, 4.69) is 5.32 Å². The van der Waals surface area contributed by atoms with Crippen LogP contribution in [0.25, 0.3) is 0 Å². The van der Waals surface area contributed by atoms with Gasteiger partial charge >= 0.3 is 6.18 Å². The van der Waals surface area contributed by atoms with Crippen LogP contribution in [0.1, 0.15) is 43.0 Å². The Morgan fingerprint density at radius 3 is 2.08 bits per heavy atom. The van der Waals surface area contributed by atoms with Crippen molar-refractivity contribution < 1.29 is 35.6 Å². The molecule has 0 aliphatic rings. The van der Waals surface area contributed by atoms with E-state index in [1.165, 1.54) is 42.5 Å². The van der Waals surface area contributed by atoms with Crippen molar-refractivity contribution in [2.24, 2.45) is 0 Å². The zero-order valence-corrected chi connectivity index (χ0v) is 28.8. The van der Waals surface area contributed by atoms with Crippen LogP contribution in [-0.2, 0) is 38.8 Å². The van der Waals surface area contributed by atoms with Crippen molar-refractivity contribution in [3.63, 3.8) is 0 Å². The van der Waals surface area contributed by atoms with Gasteiger partial charge < -0.3 is 10.2 Å². The molecule has 0 radical (unpaired) electrons. The normalized spacial score (nSPS) is 12.7. The van der Waals surface area contributed by atoms with E-state index in [9.17, 15) is 31.2 Å². The number of amides is 2. The van der Waals surface area contributed by atoms with Crippen molar-refractivity contribution in [3.05, 3.63) is 130 Å². The number of carbonyl (C=O) groups is 2. The number of aryl methyl sites for hydroxylation is 1. The third-order valence-corrected chi connectivity index (χ3v) is 9.62. The molecular weight excluding hydrogens is 682 g/mol. The molecule has 0 heterocycles. The lowest BCUT2D eigenvalue weighted by Crippen LogP contribution is -2.56. The number of carbonyl (C=O) groups excluding carboxylic acids is 2. The van der Waals surface area contributed by atoms with Gasteiger partial charge in [-0.25, -0.2) is 12.8 Å². The molecule has 0 aliphatic heterocycles. The molecule has 0 fully saturated rings. The minimum Gasteiger partial charge on any atom is -0.350 e. The maximum absolute atomic E-state index is 15.1. The fourth-order valence-corrected chi connectivity index (χ4v) is 6.70. The van der Waals surface area contributed by atoms with Crippen molar-refractivity contribution in [1.29, 1.82) is 0 Å². The Labute approximate surface area is 288 Å². The first-order valence-electron chi connectivity index (χ1n) is 15.2. The lowest BCUT2D eigenvalue weighted by molar-refractivity contribution is -0.140. The van der Waals surface area contributed by atoms with Crippen LogP contribution < -0.4 is 9.62 Å². The van der Waals surface area contributed by atoms with Crippen molar-refractivity contribution >= 4 is 39.1 Å². The van der Waals surface area contributed by atoms with Crippen molar-refractivity contribution in [2.45, 2.75) is 63.3 Å². The number of rotatable bonds is 11. The predicted octanol–water partition coefficient (Wildman–Crippen LogP) is 7.56. The fraction of sp³-hybridized carbons (Fsp3) is 0.278. The van der Waals surface area contributed by atoms with E-state index in [4.69, 9.17) is 11.6 Å². The van der Waals surface area contributed by atoms with Crippen LogP contribution >= 0.6 is 11.6 Å². The van der Waals surface area contributed by atoms with Crippen LogP contribution in [0.3, 0.4) is 0 Å². The molecule has 0 unspecified atom stereocenters. The number of halogens is 5. The van der Waals surface area contributed by atoms with E-state index < -0.39 is 74.8 Å². The topological polar surface area (TPSA) is 86.8 Å². The maximum Gasteiger partial charge on any atom is 0.417 e. The standard InChI is InChI=1S/C36H36ClF4N3O4S/c1-24-14-17-28(18-15-24)49(47,48)44(27-16-19-30(37)29(21-27)36(39,40)41)23-33(45)43(22-26-12-8-9-13-31(26)38)32(34(46)42-35(2,3)4)20-25-10-6-5-7-11-25/h5-19,21,32H,20,22-23H2,1-4H3,(H,42,46)/t32-/m1/s1. The molecule has 1 N–H and O–H groups in total. The Morgan fingerprint density at radius 1 is 0.878 bits per heavy atom. The molecule has 0 aromatic heterocycles. The molecule has 260 valence electrons. The van der Waals surface area contributed by atoms with Crippen LogP contribution in [0.15, 0.2) is 102 Å². The van der Waals surface area contributed by atoms with Crippen LogP contribution in [0.4, 0.5) is 23.2 Å². The minimum atomic E-state index is -4.95. The zero-order valence-electron chi connectivity index (χ0n) is 27.3. The molecule has 4 aromatic rings. The molecule has 7 nitrogen and oxygen atoms in total. The summed E-state index contributed by atoms with van der Waals surface area (Å²) in [5.41, 5.74) is -1.14. The average molecular weight is 718 g/mol. The summed E-state index contributed by atoms with van der Waals surface area (Å²) in [5.74, 6) is -2.24. The van der Waals surface area contributed by atoms with Gasteiger partial charge in [0, 0.05) is 24.1 Å². The summed E-state index contributed by atoms with van der Waals surface area (Å²) in [4.78, 5) is 29.2. The molecule has 4 rings (SSSR count). The third kappa shape index (κ3) is 9.60. The van der Waals surface area contributed by atoms with Crippen molar-refractivity contribution in [3.8, 4) is 0 Å². The Morgan fingerprint density at radius 2 is 1.49 bits per heavy atom. The Bertz CT molecular complexity index is 1900. The number of benzene rings is 4. The summed E-state index contributed by atoms with van der Waals surface area (Å²) in [6.07, 6.45) is -4.98. The average Bonchev–Trinajstić information content (AvgIpc) is 3.02. The Balaban J connectivity index is 1.89. The summed E-state index contributed by atoms with van der Waals surface area (Å²) in [5, 5.41) is 2.19. The molecule has 49 heavy (non-hydrogen) atoms. The number of nitrogens with zero attached hydrogens (tertiary/aromatic N) is 2. The molecule has 0 saturated carbocycles. The van der Waals surface area contributed by atoms with E-state index in [0.717, 1.165) is 22.6 Å². The van der Waals surface area contributed by atoms with Gasteiger partial charge in [-0.2, -0.15) is 13.2 Å². The highest BCUT2D eigenvalue weighted by molar-refractivity contribution is 7.92. The van der Waals surface area contributed by atoms with Gasteiger partial charge in [-0.15, -0.1) is 0 Å². The highest BCUT2D eigenvalue weighted by Crippen LogP contribution is 2.38. The first kappa shape index (κ1) is 37.4. The Kier molecular flexibility index (Phi) is 11.4. The second-order valence-corrected chi connectivity index (χ2v) is 14.8. The lowest BCUT2D eigenvalue weighted by atomic mass is 10.0. The van der Waals surface area contributed by atoms with Crippen LogP contribution in [-0.4, -0.2) is 43.3 Å². The molecule has 0 bridgehead atoms. The summed E-state index contributed by atoms with van der Waals surface area (Å²) >= 11 is 5.86. The SMILES string of the molecule is Cc1ccc(S(=O)(=O)N(CC(=O)N(Cc2ccccc2F)[C@H](Cc2ccccc2)C(=O)NC(C)(C)C)c2ccc(Cl)c(C(F)(F)F)c2)cc1. The van der Waals surface area contributed by atoms with Crippen LogP contribution in [0, 0.1) is 12.7 Å². The van der Waals surface area contributed by atoms with Gasteiger partial charge in [-0.05, 0) is 69.7 Å². The van der Waals surface area contributed by atoms with Gasteiger partial charge in [0.05, 0.1) is 21.2 Å². The largest absolute Gasteiger partial charge is 0.417 e. The third-order valence-electron chi connectivity index (χ3n) is 7.50. The Hall–Kier alpha value is -4.42. The van der Waals surface area contributed by atoms with E-state index in [1.54, 1.807) is 64.1 Å². The lowest BCUT2D eigenvalue weighted by Gasteiger charge is -2.35. The summed E-state index contributed by atoms with van der Waals surface area (Å²) in [6, 6.07) is 21.1.